The van der Waals surface area contributed by atoms with Crippen molar-refractivity contribution in [2.45, 2.75) is 96.8 Å². The van der Waals surface area contributed by atoms with Crippen LogP contribution in [0.25, 0.3) is 0 Å². The van der Waals surface area contributed by atoms with Gasteiger partial charge in [0.2, 0.25) is 0 Å². The lowest BCUT2D eigenvalue weighted by molar-refractivity contribution is 0.474. The molecule has 0 amide bonds. The fourth-order valence-corrected chi connectivity index (χ4v) is 3.11. The molecule has 0 saturated carbocycles. The zero-order valence-electron chi connectivity index (χ0n) is 15.8. The van der Waals surface area contributed by atoms with Crippen molar-refractivity contribution in [2.75, 3.05) is 0 Å². The Morgan fingerprint density at radius 2 is 1.33 bits per heavy atom. The summed E-state index contributed by atoms with van der Waals surface area (Å²) in [5.74, 6) is 0.391. The first-order valence-corrected chi connectivity index (χ1v) is 10.3. The van der Waals surface area contributed by atoms with E-state index in [1.807, 2.05) is 12.1 Å². The molecule has 136 valence electrons. The third kappa shape index (κ3) is 12.2. The monoisotopic (exact) mass is 330 g/mol. The van der Waals surface area contributed by atoms with Crippen LogP contribution in [0.5, 0.6) is 5.75 Å². The summed E-state index contributed by atoms with van der Waals surface area (Å²) in [6.45, 7) is 2.27. The third-order valence-electron chi connectivity index (χ3n) is 4.64. The van der Waals surface area contributed by atoms with Crippen LogP contribution in [-0.4, -0.2) is 5.11 Å². The molecule has 1 heteroatoms. The summed E-state index contributed by atoms with van der Waals surface area (Å²) >= 11 is 0. The van der Waals surface area contributed by atoms with E-state index in [2.05, 4.69) is 25.1 Å². The van der Waals surface area contributed by atoms with E-state index in [9.17, 15) is 5.11 Å². The average molecular weight is 331 g/mol. The van der Waals surface area contributed by atoms with Gasteiger partial charge in [-0.2, -0.15) is 0 Å². The maximum Gasteiger partial charge on any atom is 0.115 e. The summed E-state index contributed by atoms with van der Waals surface area (Å²) in [5.41, 5.74) is 1.26. The number of aromatic hydroxyl groups is 1. The minimum Gasteiger partial charge on any atom is -0.508 e. The van der Waals surface area contributed by atoms with Gasteiger partial charge in [0.1, 0.15) is 5.75 Å². The first-order chi connectivity index (χ1) is 11.8. The van der Waals surface area contributed by atoms with E-state index >= 15 is 0 Å². The van der Waals surface area contributed by atoms with Crippen LogP contribution in [0.1, 0.15) is 96.0 Å². The second-order valence-corrected chi connectivity index (χ2v) is 7.00. The first kappa shape index (κ1) is 20.8. The first-order valence-electron chi connectivity index (χ1n) is 10.3. The number of hydrogen-bond donors (Lipinski definition) is 1. The van der Waals surface area contributed by atoms with E-state index in [4.69, 9.17) is 0 Å². The summed E-state index contributed by atoms with van der Waals surface area (Å²) in [7, 11) is 0. The van der Waals surface area contributed by atoms with Crippen molar-refractivity contribution in [3.63, 3.8) is 0 Å². The van der Waals surface area contributed by atoms with Crippen molar-refractivity contribution < 1.29 is 5.11 Å². The largest absolute Gasteiger partial charge is 0.508 e. The molecule has 1 N–H and O–H groups in total. The SMILES string of the molecule is CCCCCCC=CCCCCCCCCCc1cccc(O)c1. The zero-order chi connectivity index (χ0) is 17.3. The molecule has 0 spiro atoms. The van der Waals surface area contributed by atoms with Crippen LogP contribution in [0.2, 0.25) is 0 Å². The molecule has 0 radical (unpaired) electrons. The molecule has 0 unspecified atom stereocenters. The number of phenols is 1. The van der Waals surface area contributed by atoms with Gasteiger partial charge in [0, 0.05) is 0 Å². The molecule has 1 aromatic carbocycles. The molecule has 0 atom stereocenters. The number of rotatable bonds is 15. The summed E-state index contributed by atoms with van der Waals surface area (Å²) in [4.78, 5) is 0. The fraction of sp³-hybridized carbons (Fsp3) is 0.652. The highest BCUT2D eigenvalue weighted by atomic mass is 16.3. The highest BCUT2D eigenvalue weighted by Crippen LogP contribution is 2.15. The number of allylic oxidation sites excluding steroid dienone is 2. The second kappa shape index (κ2) is 15.3. The highest BCUT2D eigenvalue weighted by Gasteiger charge is 1.96. The zero-order valence-corrected chi connectivity index (χ0v) is 15.8. The van der Waals surface area contributed by atoms with Crippen LogP contribution in [0.15, 0.2) is 36.4 Å². The fourth-order valence-electron chi connectivity index (χ4n) is 3.11. The molecule has 24 heavy (non-hydrogen) atoms. The van der Waals surface area contributed by atoms with Crippen molar-refractivity contribution in [1.82, 2.24) is 0 Å². The number of aryl methyl sites for hydroxylation is 1. The summed E-state index contributed by atoms with van der Waals surface area (Å²) in [6.07, 6.45) is 23.3. The van der Waals surface area contributed by atoms with Gasteiger partial charge < -0.3 is 5.11 Å². The number of phenolic OH excluding ortho intramolecular Hbond substituents is 1. The van der Waals surface area contributed by atoms with Crippen LogP contribution in [0.4, 0.5) is 0 Å². The third-order valence-corrected chi connectivity index (χ3v) is 4.64. The Bertz CT molecular complexity index is 422. The van der Waals surface area contributed by atoms with Gasteiger partial charge in [-0.15, -0.1) is 0 Å². The average Bonchev–Trinajstić information content (AvgIpc) is 2.58. The van der Waals surface area contributed by atoms with Gasteiger partial charge in [-0.25, -0.2) is 0 Å². The van der Waals surface area contributed by atoms with Gasteiger partial charge in [0.15, 0.2) is 0 Å². The Morgan fingerprint density at radius 1 is 0.750 bits per heavy atom. The maximum atomic E-state index is 9.43. The quantitative estimate of drug-likeness (QED) is 0.259. The van der Waals surface area contributed by atoms with E-state index in [1.54, 1.807) is 6.07 Å². The topological polar surface area (TPSA) is 20.2 Å². The Balaban J connectivity index is 1.81. The minimum absolute atomic E-state index is 0.391. The van der Waals surface area contributed by atoms with E-state index in [0.29, 0.717) is 5.75 Å². The smallest absolute Gasteiger partial charge is 0.115 e. The van der Waals surface area contributed by atoms with E-state index in [1.165, 1.54) is 89.0 Å². The number of hydrogen-bond acceptors (Lipinski definition) is 1. The molecule has 0 saturated heterocycles. The van der Waals surface area contributed by atoms with Crippen molar-refractivity contribution in [2.24, 2.45) is 0 Å². The van der Waals surface area contributed by atoms with Crippen LogP contribution < -0.4 is 0 Å². The molecule has 1 rings (SSSR count). The molecular formula is C23H38O. The Morgan fingerprint density at radius 3 is 1.96 bits per heavy atom. The molecule has 1 aromatic rings. The van der Waals surface area contributed by atoms with Crippen LogP contribution in [0, 0.1) is 0 Å². The Labute approximate surface area is 150 Å². The van der Waals surface area contributed by atoms with Crippen molar-refractivity contribution in [1.29, 1.82) is 0 Å². The van der Waals surface area contributed by atoms with Crippen molar-refractivity contribution >= 4 is 0 Å². The van der Waals surface area contributed by atoms with E-state index in [0.717, 1.165) is 6.42 Å². The minimum atomic E-state index is 0.391. The predicted molar refractivity (Wildman–Crippen MR) is 107 cm³/mol. The van der Waals surface area contributed by atoms with Gasteiger partial charge in [-0.05, 0) is 56.2 Å². The number of benzene rings is 1. The molecule has 0 fully saturated rings. The summed E-state index contributed by atoms with van der Waals surface area (Å²) < 4.78 is 0. The van der Waals surface area contributed by atoms with Gasteiger partial charge in [-0.3, -0.25) is 0 Å². The summed E-state index contributed by atoms with van der Waals surface area (Å²) in [5, 5.41) is 9.43. The molecule has 0 bridgehead atoms. The normalized spacial score (nSPS) is 11.4. The Hall–Kier alpha value is -1.24. The maximum absolute atomic E-state index is 9.43. The standard InChI is InChI=1S/C23H38O/c1-2-3-4-5-6-7-8-9-10-11-12-13-14-15-16-18-22-19-17-20-23(24)21-22/h7-8,17,19-21,24H,2-6,9-16,18H2,1H3. The molecule has 0 aliphatic carbocycles. The van der Waals surface area contributed by atoms with Gasteiger partial charge in [0.25, 0.3) is 0 Å². The van der Waals surface area contributed by atoms with Gasteiger partial charge >= 0.3 is 0 Å². The van der Waals surface area contributed by atoms with E-state index < -0.39 is 0 Å². The van der Waals surface area contributed by atoms with Crippen LogP contribution >= 0.6 is 0 Å². The number of unbranched alkanes of at least 4 members (excludes halogenated alkanes) is 11. The molecular weight excluding hydrogens is 292 g/mol. The van der Waals surface area contributed by atoms with Crippen LogP contribution in [-0.2, 0) is 6.42 Å². The van der Waals surface area contributed by atoms with Crippen molar-refractivity contribution in [3.05, 3.63) is 42.0 Å². The van der Waals surface area contributed by atoms with Gasteiger partial charge in [0.05, 0.1) is 0 Å². The van der Waals surface area contributed by atoms with Crippen molar-refractivity contribution in [3.8, 4) is 5.75 Å². The highest BCUT2D eigenvalue weighted by molar-refractivity contribution is 5.27. The molecule has 0 heterocycles. The Kier molecular flexibility index (Phi) is 13.3. The second-order valence-electron chi connectivity index (χ2n) is 7.00. The van der Waals surface area contributed by atoms with Crippen LogP contribution in [0.3, 0.4) is 0 Å². The van der Waals surface area contributed by atoms with E-state index in [-0.39, 0.29) is 0 Å². The summed E-state index contributed by atoms with van der Waals surface area (Å²) in [6, 6.07) is 7.67. The molecule has 0 aliphatic heterocycles. The van der Waals surface area contributed by atoms with Gasteiger partial charge in [-0.1, -0.05) is 82.6 Å². The lowest BCUT2D eigenvalue weighted by Gasteiger charge is -2.03. The predicted octanol–water partition coefficient (Wildman–Crippen LogP) is 7.58. The molecule has 0 aliphatic rings. The lowest BCUT2D eigenvalue weighted by Crippen LogP contribution is -1.86. The molecule has 1 nitrogen and oxygen atoms in total. The molecule has 0 aromatic heterocycles. The lowest BCUT2D eigenvalue weighted by atomic mass is 10.0.